The van der Waals surface area contributed by atoms with Crippen molar-refractivity contribution in [3.8, 4) is 0 Å². The van der Waals surface area contributed by atoms with Gasteiger partial charge in [0.1, 0.15) is 13.1 Å². The molecular weight excluding hydrogens is 360 g/mol. The van der Waals surface area contributed by atoms with Gasteiger partial charge in [-0.25, -0.2) is 0 Å². The fourth-order valence-electron chi connectivity index (χ4n) is 3.05. The van der Waals surface area contributed by atoms with Gasteiger partial charge in [-0.2, -0.15) is 0 Å². The van der Waals surface area contributed by atoms with E-state index in [4.69, 9.17) is 0 Å². The smallest absolute Gasteiger partial charge is 0.260 e. The molecule has 0 saturated heterocycles. The third-order valence-electron chi connectivity index (χ3n) is 4.50. The topological polar surface area (TPSA) is 98.8 Å². The highest BCUT2D eigenvalue weighted by Gasteiger charge is 2.33. The van der Waals surface area contributed by atoms with Crippen LogP contribution in [0.15, 0.2) is 48.5 Å². The Kier molecular flexibility index (Phi) is 5.39. The van der Waals surface area contributed by atoms with Crippen molar-refractivity contribution in [1.29, 1.82) is 0 Å². The van der Waals surface area contributed by atoms with Crippen LogP contribution in [-0.2, 0) is 9.59 Å². The van der Waals surface area contributed by atoms with Gasteiger partial charge < -0.3 is 10.6 Å². The monoisotopic (exact) mass is 380 g/mol. The summed E-state index contributed by atoms with van der Waals surface area (Å²) < 4.78 is 0. The number of fused-ring (bicyclic) bond motifs is 2. The van der Waals surface area contributed by atoms with Crippen LogP contribution in [0.25, 0.3) is 0 Å². The fraction of sp³-hybridized carbons (Fsp3) is 0.200. The molecule has 0 spiro atoms. The molecule has 0 bridgehead atoms. The van der Waals surface area contributed by atoms with Crippen LogP contribution in [0.4, 0.5) is 11.4 Å². The van der Waals surface area contributed by atoms with Crippen molar-refractivity contribution in [2.24, 2.45) is 0 Å². The molecule has 0 aromatic heterocycles. The Labute approximate surface area is 162 Å². The number of nitrogens with one attached hydrogen (secondary N) is 2. The third kappa shape index (κ3) is 3.44. The molecule has 0 saturated carbocycles. The summed E-state index contributed by atoms with van der Waals surface area (Å²) in [6, 6.07) is 13.1. The summed E-state index contributed by atoms with van der Waals surface area (Å²) in [5, 5.41) is 4.99. The van der Waals surface area contributed by atoms with E-state index in [2.05, 4.69) is 10.6 Å². The van der Waals surface area contributed by atoms with Crippen LogP contribution in [0, 0.1) is 0 Å². The minimum Gasteiger partial charge on any atom is -0.358 e. The number of likely N-dealkylation sites (N-methyl/N-ethyl adjacent to an activating group) is 2. The van der Waals surface area contributed by atoms with E-state index in [-0.39, 0.29) is 36.0 Å². The predicted octanol–water partition coefficient (Wildman–Crippen LogP) is 0.786. The number of hydrogen-bond acceptors (Lipinski definition) is 4. The summed E-state index contributed by atoms with van der Waals surface area (Å²) in [7, 11) is 2.96. The van der Waals surface area contributed by atoms with Crippen LogP contribution < -0.4 is 20.4 Å². The molecule has 4 amide bonds. The fourth-order valence-corrected chi connectivity index (χ4v) is 3.05. The Hall–Kier alpha value is -3.68. The molecule has 1 aliphatic heterocycles. The highest BCUT2D eigenvalue weighted by Crippen LogP contribution is 2.32. The molecule has 1 heterocycles. The van der Waals surface area contributed by atoms with Crippen LogP contribution in [0.2, 0.25) is 0 Å². The van der Waals surface area contributed by atoms with E-state index in [1.54, 1.807) is 48.5 Å². The minimum absolute atomic E-state index is 0.233. The first kappa shape index (κ1) is 19.1. The lowest BCUT2D eigenvalue weighted by Gasteiger charge is -2.32. The second-order valence-electron chi connectivity index (χ2n) is 6.16. The van der Waals surface area contributed by atoms with Crippen LogP contribution in [0.3, 0.4) is 0 Å². The Bertz CT molecular complexity index is 879. The van der Waals surface area contributed by atoms with Crippen molar-refractivity contribution in [2.45, 2.75) is 0 Å². The molecular formula is C20H20N4O4. The Balaban J connectivity index is 2.22. The summed E-state index contributed by atoms with van der Waals surface area (Å²) in [6.45, 7) is -0.465. The van der Waals surface area contributed by atoms with E-state index in [1.807, 2.05) is 0 Å². The molecule has 0 unspecified atom stereocenters. The van der Waals surface area contributed by atoms with E-state index in [9.17, 15) is 19.2 Å². The first-order chi connectivity index (χ1) is 13.5. The number of anilines is 2. The predicted molar refractivity (Wildman–Crippen MR) is 104 cm³/mol. The normalized spacial score (nSPS) is 13.2. The maximum Gasteiger partial charge on any atom is 0.260 e. The Morgan fingerprint density at radius 1 is 0.714 bits per heavy atom. The summed E-state index contributed by atoms with van der Waals surface area (Å²) in [5.74, 6) is -1.59. The van der Waals surface area contributed by atoms with Crippen LogP contribution in [-0.4, -0.2) is 50.8 Å². The highest BCUT2D eigenvalue weighted by atomic mass is 16.2. The number of carbonyl (C=O) groups excluding carboxylic acids is 4. The zero-order valence-electron chi connectivity index (χ0n) is 15.6. The van der Waals surface area contributed by atoms with Gasteiger partial charge >= 0.3 is 0 Å². The Morgan fingerprint density at radius 2 is 1.07 bits per heavy atom. The largest absolute Gasteiger partial charge is 0.358 e. The van der Waals surface area contributed by atoms with Crippen molar-refractivity contribution in [3.63, 3.8) is 0 Å². The zero-order chi connectivity index (χ0) is 20.3. The second kappa shape index (κ2) is 7.91. The standard InChI is InChI=1S/C20H20N4O4/c1-21-17(25)11-23-15-9-5-3-7-13(15)20(28)24(12-18(26)22-2)16-10-6-4-8-14(16)19(23)27/h3-10H,11-12H2,1-2H3,(H,21,25)(H,22,26). The van der Waals surface area contributed by atoms with E-state index in [0.717, 1.165) is 0 Å². The lowest BCUT2D eigenvalue weighted by Crippen LogP contribution is -2.46. The van der Waals surface area contributed by atoms with Gasteiger partial charge in [0, 0.05) is 14.1 Å². The van der Waals surface area contributed by atoms with Gasteiger partial charge in [0.05, 0.1) is 22.5 Å². The average molecular weight is 380 g/mol. The number of amides is 4. The van der Waals surface area contributed by atoms with Gasteiger partial charge in [-0.1, -0.05) is 24.3 Å². The lowest BCUT2D eigenvalue weighted by molar-refractivity contribution is -0.120. The van der Waals surface area contributed by atoms with E-state index >= 15 is 0 Å². The van der Waals surface area contributed by atoms with Gasteiger partial charge in [-0.15, -0.1) is 0 Å². The van der Waals surface area contributed by atoms with Gasteiger partial charge in [-0.05, 0) is 24.3 Å². The van der Waals surface area contributed by atoms with E-state index < -0.39 is 11.8 Å². The van der Waals surface area contributed by atoms with E-state index in [0.29, 0.717) is 11.4 Å². The number of para-hydroxylation sites is 2. The molecule has 2 N–H and O–H groups in total. The number of benzene rings is 2. The summed E-state index contributed by atoms with van der Waals surface area (Å²) >= 11 is 0. The Morgan fingerprint density at radius 3 is 1.43 bits per heavy atom. The maximum absolute atomic E-state index is 13.3. The molecule has 2 aromatic carbocycles. The summed E-state index contributed by atoms with van der Waals surface area (Å²) in [4.78, 5) is 53.2. The van der Waals surface area contributed by atoms with Gasteiger partial charge in [-0.3, -0.25) is 29.0 Å². The molecule has 0 aliphatic carbocycles. The molecule has 0 atom stereocenters. The SMILES string of the molecule is CNC(=O)CN1C(=O)c2ccccc2N(CC(=O)NC)C(=O)c2ccccc21. The maximum atomic E-state index is 13.3. The molecule has 8 heteroatoms. The molecule has 28 heavy (non-hydrogen) atoms. The molecule has 0 radical (unpaired) electrons. The van der Waals surface area contributed by atoms with E-state index in [1.165, 1.54) is 23.9 Å². The van der Waals surface area contributed by atoms with Crippen molar-refractivity contribution in [2.75, 3.05) is 37.0 Å². The molecule has 8 nitrogen and oxygen atoms in total. The molecule has 2 aromatic rings. The molecule has 0 fully saturated rings. The van der Waals surface area contributed by atoms with Gasteiger partial charge in [0.15, 0.2) is 0 Å². The van der Waals surface area contributed by atoms with Crippen LogP contribution in [0.1, 0.15) is 20.7 Å². The first-order valence-electron chi connectivity index (χ1n) is 8.71. The van der Waals surface area contributed by atoms with Crippen molar-refractivity contribution in [3.05, 3.63) is 59.7 Å². The molecule has 3 rings (SSSR count). The van der Waals surface area contributed by atoms with Gasteiger partial charge in [0.2, 0.25) is 11.8 Å². The lowest BCUT2D eigenvalue weighted by atomic mass is 10.0. The number of nitrogens with zero attached hydrogens (tertiary/aromatic N) is 2. The minimum atomic E-state index is -0.430. The van der Waals surface area contributed by atoms with Crippen LogP contribution >= 0.6 is 0 Å². The number of hydrogen-bond donors (Lipinski definition) is 2. The highest BCUT2D eigenvalue weighted by molar-refractivity contribution is 6.22. The second-order valence-corrected chi connectivity index (χ2v) is 6.16. The van der Waals surface area contributed by atoms with Crippen molar-refractivity contribution in [1.82, 2.24) is 10.6 Å². The summed E-state index contributed by atoms with van der Waals surface area (Å²) in [6.07, 6.45) is 0. The van der Waals surface area contributed by atoms with Crippen molar-refractivity contribution >= 4 is 35.0 Å². The number of rotatable bonds is 4. The third-order valence-corrected chi connectivity index (χ3v) is 4.50. The molecule has 1 aliphatic rings. The van der Waals surface area contributed by atoms with Crippen molar-refractivity contribution < 1.29 is 19.2 Å². The quantitative estimate of drug-likeness (QED) is 0.819. The van der Waals surface area contributed by atoms with Crippen LogP contribution in [0.5, 0.6) is 0 Å². The summed E-state index contributed by atoms with van der Waals surface area (Å²) in [5.41, 5.74) is 1.10. The van der Waals surface area contributed by atoms with Gasteiger partial charge in [0.25, 0.3) is 11.8 Å². The first-order valence-corrected chi connectivity index (χ1v) is 8.71. The average Bonchev–Trinajstić information content (AvgIpc) is 2.74. The zero-order valence-corrected chi connectivity index (χ0v) is 15.6. The number of carbonyl (C=O) groups is 4. The molecule has 144 valence electrons.